The maximum absolute atomic E-state index is 5.91. The van der Waals surface area contributed by atoms with Crippen molar-refractivity contribution in [2.45, 2.75) is 12.3 Å². The zero-order valence-electron chi connectivity index (χ0n) is 7.64. The second-order valence-electron chi connectivity index (χ2n) is 3.08. The van der Waals surface area contributed by atoms with E-state index in [1.54, 1.807) is 6.07 Å². The molecule has 0 aliphatic heterocycles. The molecule has 1 aromatic rings. The summed E-state index contributed by atoms with van der Waals surface area (Å²) in [7, 11) is 0. The van der Waals surface area contributed by atoms with Crippen LogP contribution in [0, 0.1) is 0 Å². The average Bonchev–Trinajstić information content (AvgIpc) is 2.19. The van der Waals surface area contributed by atoms with Crippen LogP contribution in [-0.4, -0.2) is 12.4 Å². The van der Waals surface area contributed by atoms with Gasteiger partial charge in [-0.3, -0.25) is 0 Å². The zero-order chi connectivity index (χ0) is 10.6. The third kappa shape index (κ3) is 3.03. The minimum atomic E-state index is 0.266. The number of rotatable bonds is 4. The topological polar surface area (TPSA) is 26.0 Å². The third-order valence-corrected chi connectivity index (χ3v) is 3.11. The van der Waals surface area contributed by atoms with Gasteiger partial charge in [-0.1, -0.05) is 29.3 Å². The Morgan fingerprint density at radius 1 is 1.21 bits per heavy atom. The van der Waals surface area contributed by atoms with Crippen molar-refractivity contribution in [2.75, 3.05) is 12.4 Å². The first-order valence-corrected chi connectivity index (χ1v) is 5.69. The van der Waals surface area contributed by atoms with Crippen molar-refractivity contribution in [1.29, 1.82) is 0 Å². The summed E-state index contributed by atoms with van der Waals surface area (Å²) < 4.78 is 0. The molecule has 2 N–H and O–H groups in total. The molecular formula is C10H12Cl3N. The summed E-state index contributed by atoms with van der Waals surface area (Å²) in [4.78, 5) is 0. The van der Waals surface area contributed by atoms with Gasteiger partial charge in [0.05, 0.1) is 10.0 Å². The summed E-state index contributed by atoms with van der Waals surface area (Å²) in [5, 5.41) is 1.13. The Bertz CT molecular complexity index is 301. The first kappa shape index (κ1) is 12.1. The molecular weight excluding hydrogens is 240 g/mol. The number of hydrogen-bond donors (Lipinski definition) is 1. The number of benzene rings is 1. The van der Waals surface area contributed by atoms with E-state index in [2.05, 4.69) is 0 Å². The maximum atomic E-state index is 5.91. The Morgan fingerprint density at radius 3 is 2.43 bits per heavy atom. The van der Waals surface area contributed by atoms with Crippen molar-refractivity contribution in [3.63, 3.8) is 0 Å². The van der Waals surface area contributed by atoms with E-state index in [-0.39, 0.29) is 5.92 Å². The molecule has 0 amide bonds. The maximum Gasteiger partial charge on any atom is 0.0595 e. The summed E-state index contributed by atoms with van der Waals surface area (Å²) in [5.41, 5.74) is 6.74. The van der Waals surface area contributed by atoms with Gasteiger partial charge in [0.1, 0.15) is 0 Å². The molecule has 0 spiro atoms. The van der Waals surface area contributed by atoms with Crippen molar-refractivity contribution in [3.8, 4) is 0 Å². The lowest BCUT2D eigenvalue weighted by Crippen LogP contribution is -2.13. The molecule has 1 nitrogen and oxygen atoms in total. The molecule has 0 aliphatic carbocycles. The van der Waals surface area contributed by atoms with Gasteiger partial charge in [-0.15, -0.1) is 11.6 Å². The first-order valence-electron chi connectivity index (χ1n) is 4.40. The van der Waals surface area contributed by atoms with Crippen molar-refractivity contribution in [3.05, 3.63) is 33.8 Å². The Labute approximate surface area is 99.1 Å². The quantitative estimate of drug-likeness (QED) is 0.813. The smallest absolute Gasteiger partial charge is 0.0595 e. The van der Waals surface area contributed by atoms with Crippen molar-refractivity contribution >= 4 is 34.8 Å². The molecule has 0 aromatic heterocycles. The van der Waals surface area contributed by atoms with E-state index in [9.17, 15) is 0 Å². The third-order valence-electron chi connectivity index (χ3n) is 2.16. The molecule has 0 radical (unpaired) electrons. The van der Waals surface area contributed by atoms with Crippen LogP contribution in [0.1, 0.15) is 17.9 Å². The van der Waals surface area contributed by atoms with Crippen LogP contribution in [0.15, 0.2) is 18.2 Å². The highest BCUT2D eigenvalue weighted by molar-refractivity contribution is 6.42. The second kappa shape index (κ2) is 5.82. The average molecular weight is 253 g/mol. The molecule has 0 heterocycles. The molecule has 1 aromatic carbocycles. The molecule has 4 heteroatoms. The van der Waals surface area contributed by atoms with Gasteiger partial charge >= 0.3 is 0 Å². The van der Waals surface area contributed by atoms with Gasteiger partial charge in [-0.25, -0.2) is 0 Å². The van der Waals surface area contributed by atoms with E-state index in [1.807, 2.05) is 12.1 Å². The highest BCUT2D eigenvalue weighted by Gasteiger charge is 2.10. The van der Waals surface area contributed by atoms with E-state index < -0.39 is 0 Å². The number of alkyl halides is 1. The molecule has 1 atom stereocenters. The van der Waals surface area contributed by atoms with Gasteiger partial charge in [-0.05, 0) is 36.6 Å². The standard InChI is InChI=1S/C10H12Cl3N/c11-4-3-8(6-14)7-1-2-9(12)10(13)5-7/h1-2,5,8H,3-4,6,14H2/t8-/m1/s1. The van der Waals surface area contributed by atoms with Gasteiger partial charge in [0.15, 0.2) is 0 Å². The summed E-state index contributed by atoms with van der Waals surface area (Å²) >= 11 is 17.4. The molecule has 0 aliphatic rings. The fraction of sp³-hybridized carbons (Fsp3) is 0.400. The zero-order valence-corrected chi connectivity index (χ0v) is 9.91. The van der Waals surface area contributed by atoms with Crippen LogP contribution in [0.3, 0.4) is 0 Å². The molecule has 1 rings (SSSR count). The molecule has 14 heavy (non-hydrogen) atoms. The number of hydrogen-bond acceptors (Lipinski definition) is 1. The molecule has 0 unspecified atom stereocenters. The van der Waals surface area contributed by atoms with E-state index in [4.69, 9.17) is 40.5 Å². The minimum absolute atomic E-state index is 0.266. The molecule has 0 saturated carbocycles. The van der Waals surface area contributed by atoms with Crippen LogP contribution >= 0.6 is 34.8 Å². The summed E-state index contributed by atoms with van der Waals surface area (Å²) in [6.07, 6.45) is 0.857. The first-order chi connectivity index (χ1) is 6.69. The minimum Gasteiger partial charge on any atom is -0.330 e. The predicted molar refractivity (Wildman–Crippen MR) is 63.6 cm³/mol. The van der Waals surface area contributed by atoms with E-state index >= 15 is 0 Å². The van der Waals surface area contributed by atoms with Crippen LogP contribution in [0.4, 0.5) is 0 Å². The highest BCUT2D eigenvalue weighted by atomic mass is 35.5. The fourth-order valence-corrected chi connectivity index (χ4v) is 1.89. The summed E-state index contributed by atoms with van der Waals surface area (Å²) in [6, 6.07) is 5.59. The lowest BCUT2D eigenvalue weighted by Gasteiger charge is -2.14. The van der Waals surface area contributed by atoms with E-state index in [0.29, 0.717) is 22.5 Å². The highest BCUT2D eigenvalue weighted by Crippen LogP contribution is 2.27. The van der Waals surface area contributed by atoms with Gasteiger partial charge in [0.25, 0.3) is 0 Å². The van der Waals surface area contributed by atoms with Crippen LogP contribution < -0.4 is 5.73 Å². The van der Waals surface area contributed by atoms with Crippen molar-refractivity contribution in [2.24, 2.45) is 5.73 Å². The number of halogens is 3. The Hall–Kier alpha value is 0.0500. The lowest BCUT2D eigenvalue weighted by molar-refractivity contribution is 0.678. The predicted octanol–water partition coefficient (Wildman–Crippen LogP) is 3.66. The molecule has 0 saturated heterocycles. The number of nitrogens with two attached hydrogens (primary N) is 1. The fourth-order valence-electron chi connectivity index (χ4n) is 1.32. The monoisotopic (exact) mass is 251 g/mol. The van der Waals surface area contributed by atoms with Gasteiger partial charge < -0.3 is 5.73 Å². The van der Waals surface area contributed by atoms with Gasteiger partial charge in [0, 0.05) is 5.88 Å². The van der Waals surface area contributed by atoms with Crippen molar-refractivity contribution < 1.29 is 0 Å². The Morgan fingerprint density at radius 2 is 1.93 bits per heavy atom. The van der Waals surface area contributed by atoms with Crippen LogP contribution in [0.25, 0.3) is 0 Å². The van der Waals surface area contributed by atoms with Crippen LogP contribution in [-0.2, 0) is 0 Å². The molecule has 78 valence electrons. The lowest BCUT2D eigenvalue weighted by atomic mass is 9.97. The Kier molecular flexibility index (Phi) is 5.04. The van der Waals surface area contributed by atoms with Gasteiger partial charge in [-0.2, -0.15) is 0 Å². The Balaban J connectivity index is 2.88. The molecule has 0 fully saturated rings. The van der Waals surface area contributed by atoms with E-state index in [1.165, 1.54) is 0 Å². The largest absolute Gasteiger partial charge is 0.330 e. The second-order valence-corrected chi connectivity index (χ2v) is 4.28. The SMILES string of the molecule is NC[C@@H](CCCl)c1ccc(Cl)c(Cl)c1. The van der Waals surface area contributed by atoms with E-state index in [0.717, 1.165) is 12.0 Å². The normalized spacial score (nSPS) is 12.9. The van der Waals surface area contributed by atoms with Crippen LogP contribution in [0.5, 0.6) is 0 Å². The van der Waals surface area contributed by atoms with Crippen molar-refractivity contribution in [1.82, 2.24) is 0 Å². The van der Waals surface area contributed by atoms with Crippen LogP contribution in [0.2, 0.25) is 10.0 Å². The summed E-state index contributed by atoms with van der Waals surface area (Å²) in [5.74, 6) is 0.865. The summed E-state index contributed by atoms with van der Waals surface area (Å²) in [6.45, 7) is 0.574. The molecule has 0 bridgehead atoms. The van der Waals surface area contributed by atoms with Gasteiger partial charge in [0.2, 0.25) is 0 Å².